The quantitative estimate of drug-likeness (QED) is 0.797. The van der Waals surface area contributed by atoms with Crippen molar-refractivity contribution in [2.24, 2.45) is 5.92 Å². The zero-order valence-corrected chi connectivity index (χ0v) is 16.5. The Hall–Kier alpha value is -2.54. The molecule has 0 aliphatic carbocycles. The van der Waals surface area contributed by atoms with Crippen molar-refractivity contribution in [2.75, 3.05) is 13.2 Å². The van der Waals surface area contributed by atoms with Gasteiger partial charge in [-0.05, 0) is 42.0 Å². The van der Waals surface area contributed by atoms with Crippen LogP contribution in [0, 0.1) is 5.92 Å². The predicted molar refractivity (Wildman–Crippen MR) is 104 cm³/mol. The molecule has 1 aromatic heterocycles. The Balaban J connectivity index is 1.68. The van der Waals surface area contributed by atoms with E-state index in [0.29, 0.717) is 23.8 Å². The SMILES string of the molecule is CC(NC(=O)c1cccs1)C(=O)NC(c1ccc2c(c1)OCCO2)C(C)C. The molecule has 0 spiro atoms. The van der Waals surface area contributed by atoms with Gasteiger partial charge in [-0.3, -0.25) is 9.59 Å². The summed E-state index contributed by atoms with van der Waals surface area (Å²) in [6, 6.07) is 8.42. The maximum atomic E-state index is 12.6. The molecule has 1 aromatic carbocycles. The first-order valence-corrected chi connectivity index (χ1v) is 9.88. The Bertz CT molecular complexity index is 804. The lowest BCUT2D eigenvalue weighted by Crippen LogP contribution is -2.46. The van der Waals surface area contributed by atoms with Crippen molar-refractivity contribution in [2.45, 2.75) is 32.9 Å². The second-order valence-electron chi connectivity index (χ2n) is 6.81. The van der Waals surface area contributed by atoms with E-state index in [1.165, 1.54) is 11.3 Å². The molecule has 144 valence electrons. The number of carbonyl (C=O) groups is 2. The topological polar surface area (TPSA) is 76.7 Å². The molecule has 0 radical (unpaired) electrons. The van der Waals surface area contributed by atoms with Crippen molar-refractivity contribution in [3.05, 3.63) is 46.2 Å². The molecule has 27 heavy (non-hydrogen) atoms. The monoisotopic (exact) mass is 388 g/mol. The van der Waals surface area contributed by atoms with Crippen LogP contribution in [0.5, 0.6) is 11.5 Å². The smallest absolute Gasteiger partial charge is 0.261 e. The number of ether oxygens (including phenoxy) is 2. The van der Waals surface area contributed by atoms with Gasteiger partial charge in [-0.15, -0.1) is 11.3 Å². The second-order valence-corrected chi connectivity index (χ2v) is 7.75. The minimum absolute atomic E-state index is 0.164. The van der Waals surface area contributed by atoms with Crippen LogP contribution in [0.25, 0.3) is 0 Å². The van der Waals surface area contributed by atoms with Crippen LogP contribution in [0.2, 0.25) is 0 Å². The zero-order chi connectivity index (χ0) is 19.4. The Labute approximate surface area is 162 Å². The molecule has 2 unspecified atom stereocenters. The van der Waals surface area contributed by atoms with Crippen LogP contribution in [-0.2, 0) is 4.79 Å². The number of benzene rings is 1. The fourth-order valence-corrected chi connectivity index (χ4v) is 3.53. The van der Waals surface area contributed by atoms with Crippen molar-refractivity contribution < 1.29 is 19.1 Å². The summed E-state index contributed by atoms with van der Waals surface area (Å²) in [6.45, 7) is 6.81. The van der Waals surface area contributed by atoms with Crippen LogP contribution >= 0.6 is 11.3 Å². The molecule has 3 rings (SSSR count). The molecule has 2 amide bonds. The number of carbonyl (C=O) groups excluding carboxylic acids is 2. The van der Waals surface area contributed by atoms with Gasteiger partial charge in [0, 0.05) is 0 Å². The maximum absolute atomic E-state index is 12.6. The van der Waals surface area contributed by atoms with Crippen LogP contribution in [0.15, 0.2) is 35.7 Å². The van der Waals surface area contributed by atoms with Crippen LogP contribution in [-0.4, -0.2) is 31.1 Å². The fourth-order valence-electron chi connectivity index (χ4n) is 2.91. The van der Waals surface area contributed by atoms with Crippen LogP contribution in [0.3, 0.4) is 0 Å². The van der Waals surface area contributed by atoms with Gasteiger partial charge >= 0.3 is 0 Å². The first kappa shape index (κ1) is 19.2. The average Bonchev–Trinajstić information content (AvgIpc) is 3.20. The summed E-state index contributed by atoms with van der Waals surface area (Å²) < 4.78 is 11.2. The molecule has 6 nitrogen and oxygen atoms in total. The molecule has 2 aromatic rings. The van der Waals surface area contributed by atoms with Gasteiger partial charge in [0.25, 0.3) is 5.91 Å². The van der Waals surface area contributed by atoms with Gasteiger partial charge in [0.15, 0.2) is 11.5 Å². The zero-order valence-electron chi connectivity index (χ0n) is 15.7. The number of hydrogen-bond donors (Lipinski definition) is 2. The molecule has 1 aliphatic rings. The first-order chi connectivity index (χ1) is 13.0. The molecular weight excluding hydrogens is 364 g/mol. The number of nitrogens with one attached hydrogen (secondary N) is 2. The third-order valence-corrected chi connectivity index (χ3v) is 5.24. The van der Waals surface area contributed by atoms with E-state index in [9.17, 15) is 9.59 Å². The van der Waals surface area contributed by atoms with E-state index >= 15 is 0 Å². The lowest BCUT2D eigenvalue weighted by atomic mass is 9.95. The average molecular weight is 388 g/mol. The lowest BCUT2D eigenvalue weighted by molar-refractivity contribution is -0.123. The fraction of sp³-hybridized carbons (Fsp3) is 0.400. The number of thiophene rings is 1. The summed E-state index contributed by atoms with van der Waals surface area (Å²) in [5.41, 5.74) is 0.944. The van der Waals surface area contributed by atoms with Gasteiger partial charge in [-0.25, -0.2) is 0 Å². The predicted octanol–water partition coefficient (Wildman–Crippen LogP) is 3.15. The molecule has 0 saturated heterocycles. The van der Waals surface area contributed by atoms with Gasteiger partial charge in [-0.1, -0.05) is 26.0 Å². The minimum atomic E-state index is -0.641. The van der Waals surface area contributed by atoms with Gasteiger partial charge in [-0.2, -0.15) is 0 Å². The Morgan fingerprint density at radius 2 is 1.78 bits per heavy atom. The highest BCUT2D eigenvalue weighted by molar-refractivity contribution is 7.12. The third kappa shape index (κ3) is 4.60. The lowest BCUT2D eigenvalue weighted by Gasteiger charge is -2.26. The van der Waals surface area contributed by atoms with Crippen molar-refractivity contribution in [3.8, 4) is 11.5 Å². The van der Waals surface area contributed by atoms with E-state index in [1.807, 2.05) is 37.4 Å². The molecule has 2 heterocycles. The van der Waals surface area contributed by atoms with Crippen molar-refractivity contribution >= 4 is 23.2 Å². The molecule has 1 aliphatic heterocycles. The number of amides is 2. The van der Waals surface area contributed by atoms with Gasteiger partial charge in [0.2, 0.25) is 5.91 Å². The molecule has 0 fully saturated rings. The Morgan fingerprint density at radius 1 is 1.04 bits per heavy atom. The summed E-state index contributed by atoms with van der Waals surface area (Å²) in [5, 5.41) is 7.62. The normalized spacial score (nSPS) is 15.1. The van der Waals surface area contributed by atoms with Crippen LogP contribution < -0.4 is 20.1 Å². The van der Waals surface area contributed by atoms with E-state index in [0.717, 1.165) is 11.3 Å². The summed E-state index contributed by atoms with van der Waals surface area (Å²) in [4.78, 5) is 25.4. The van der Waals surface area contributed by atoms with Crippen molar-refractivity contribution in [1.29, 1.82) is 0 Å². The summed E-state index contributed by atoms with van der Waals surface area (Å²) in [5.74, 6) is 1.10. The summed E-state index contributed by atoms with van der Waals surface area (Å²) in [7, 11) is 0. The molecule has 0 bridgehead atoms. The highest BCUT2D eigenvalue weighted by Gasteiger charge is 2.24. The molecule has 2 N–H and O–H groups in total. The Kier molecular flexibility index (Phi) is 6.01. The van der Waals surface area contributed by atoms with E-state index < -0.39 is 6.04 Å². The Morgan fingerprint density at radius 3 is 2.44 bits per heavy atom. The first-order valence-electron chi connectivity index (χ1n) is 9.00. The van der Waals surface area contributed by atoms with Crippen molar-refractivity contribution in [1.82, 2.24) is 10.6 Å². The number of hydrogen-bond acceptors (Lipinski definition) is 5. The minimum Gasteiger partial charge on any atom is -0.486 e. The number of fused-ring (bicyclic) bond motifs is 1. The second kappa shape index (κ2) is 8.43. The summed E-state index contributed by atoms with van der Waals surface area (Å²) in [6.07, 6.45) is 0. The van der Waals surface area contributed by atoms with Gasteiger partial charge in [0.05, 0.1) is 10.9 Å². The third-order valence-electron chi connectivity index (χ3n) is 4.38. The van der Waals surface area contributed by atoms with Gasteiger partial charge in [0.1, 0.15) is 19.3 Å². The van der Waals surface area contributed by atoms with E-state index in [1.54, 1.807) is 19.1 Å². The highest BCUT2D eigenvalue weighted by atomic mass is 32.1. The van der Waals surface area contributed by atoms with E-state index in [-0.39, 0.29) is 23.8 Å². The molecule has 2 atom stereocenters. The standard InChI is InChI=1S/C20H24N2O4S/c1-12(2)18(14-6-7-15-16(11-14)26-9-8-25-15)22-19(23)13(3)21-20(24)17-5-4-10-27-17/h4-7,10-13,18H,8-9H2,1-3H3,(H,21,24)(H,22,23). The number of rotatable bonds is 6. The van der Waals surface area contributed by atoms with E-state index in [2.05, 4.69) is 10.6 Å². The molecule has 7 heteroatoms. The highest BCUT2D eigenvalue weighted by Crippen LogP contribution is 2.34. The maximum Gasteiger partial charge on any atom is 0.261 e. The largest absolute Gasteiger partial charge is 0.486 e. The van der Waals surface area contributed by atoms with E-state index in [4.69, 9.17) is 9.47 Å². The summed E-state index contributed by atoms with van der Waals surface area (Å²) >= 11 is 1.34. The molecule has 0 saturated carbocycles. The van der Waals surface area contributed by atoms with Crippen LogP contribution in [0.1, 0.15) is 42.0 Å². The van der Waals surface area contributed by atoms with Crippen LogP contribution in [0.4, 0.5) is 0 Å². The van der Waals surface area contributed by atoms with Crippen molar-refractivity contribution in [3.63, 3.8) is 0 Å². The molecular formula is C20H24N2O4S. The van der Waals surface area contributed by atoms with Gasteiger partial charge < -0.3 is 20.1 Å².